The van der Waals surface area contributed by atoms with Gasteiger partial charge in [0.1, 0.15) is 17.0 Å². The van der Waals surface area contributed by atoms with Crippen LogP contribution in [0.4, 0.5) is 5.69 Å². The van der Waals surface area contributed by atoms with E-state index in [1.165, 1.54) is 19.2 Å². The fourth-order valence-electron chi connectivity index (χ4n) is 3.52. The standard InChI is InChI=1S/C20H22ClNO6S/c1-28-20(26)13-9-8-12(19(25)16-14(23)6-5-7-15(16)24)17(21)18(13)22-29(27)10-3-2-4-11-29/h8-9,23H,2-7,10-11H2,1H3. The van der Waals surface area contributed by atoms with Crippen molar-refractivity contribution in [1.82, 2.24) is 0 Å². The normalized spacial score (nSPS) is 19.0. The molecule has 1 aliphatic carbocycles. The minimum Gasteiger partial charge on any atom is -0.511 e. The quantitative estimate of drug-likeness (QED) is 0.428. The minimum atomic E-state index is -2.63. The molecule has 0 atom stereocenters. The fourth-order valence-corrected chi connectivity index (χ4v) is 6.08. The third kappa shape index (κ3) is 4.38. The zero-order chi connectivity index (χ0) is 21.2. The predicted octanol–water partition coefficient (Wildman–Crippen LogP) is 4.16. The van der Waals surface area contributed by atoms with Gasteiger partial charge in [-0.05, 0) is 31.4 Å². The van der Waals surface area contributed by atoms with Crippen molar-refractivity contribution in [3.05, 3.63) is 39.6 Å². The van der Waals surface area contributed by atoms with E-state index in [2.05, 4.69) is 4.36 Å². The second-order valence-electron chi connectivity index (χ2n) is 7.08. The van der Waals surface area contributed by atoms with Crippen molar-refractivity contribution >= 4 is 44.6 Å². The molecule has 3 rings (SSSR count). The maximum Gasteiger partial charge on any atom is 0.340 e. The van der Waals surface area contributed by atoms with Crippen molar-refractivity contribution in [1.29, 1.82) is 0 Å². The first kappa shape index (κ1) is 21.5. The average Bonchev–Trinajstić information content (AvgIpc) is 2.69. The molecule has 156 valence electrons. The highest BCUT2D eigenvalue weighted by atomic mass is 35.5. The Morgan fingerprint density at radius 2 is 1.76 bits per heavy atom. The molecule has 7 nitrogen and oxygen atoms in total. The second kappa shape index (κ2) is 8.67. The summed E-state index contributed by atoms with van der Waals surface area (Å²) in [4.78, 5) is 37.3. The van der Waals surface area contributed by atoms with Crippen LogP contribution in [-0.2, 0) is 19.3 Å². The molecule has 0 saturated carbocycles. The van der Waals surface area contributed by atoms with Crippen molar-refractivity contribution in [3.8, 4) is 0 Å². The van der Waals surface area contributed by atoms with Gasteiger partial charge in [0, 0.05) is 29.9 Å². The van der Waals surface area contributed by atoms with Gasteiger partial charge in [0.2, 0.25) is 5.78 Å². The molecule has 0 spiro atoms. The highest BCUT2D eigenvalue weighted by molar-refractivity contribution is 7.93. The number of Topliss-reactive ketones (excluding diaryl/α,β-unsaturated/α-hetero) is 2. The number of esters is 1. The Kier molecular flexibility index (Phi) is 6.43. The van der Waals surface area contributed by atoms with Gasteiger partial charge in [0.15, 0.2) is 5.78 Å². The first-order valence-corrected chi connectivity index (χ1v) is 11.6. The maximum atomic E-state index is 13.1. The minimum absolute atomic E-state index is 0.00415. The number of hydrogen-bond donors (Lipinski definition) is 1. The van der Waals surface area contributed by atoms with Gasteiger partial charge in [-0.1, -0.05) is 18.0 Å². The van der Waals surface area contributed by atoms with Crippen LogP contribution in [0.5, 0.6) is 0 Å². The summed E-state index contributed by atoms with van der Waals surface area (Å²) in [5.74, 6) is -1.42. The van der Waals surface area contributed by atoms with Crippen LogP contribution in [0.15, 0.2) is 27.8 Å². The molecular weight excluding hydrogens is 418 g/mol. The molecule has 1 saturated heterocycles. The first-order valence-electron chi connectivity index (χ1n) is 9.41. The summed E-state index contributed by atoms with van der Waals surface area (Å²) in [5.41, 5.74) is -0.444. The summed E-state index contributed by atoms with van der Waals surface area (Å²) in [6.45, 7) is 0. The zero-order valence-corrected chi connectivity index (χ0v) is 17.6. The van der Waals surface area contributed by atoms with Gasteiger partial charge in [-0.3, -0.25) is 9.59 Å². The molecule has 1 N–H and O–H groups in total. The molecule has 2 aliphatic rings. The third-order valence-electron chi connectivity index (χ3n) is 5.06. The number of ether oxygens (including phenoxy) is 1. The van der Waals surface area contributed by atoms with Crippen LogP contribution >= 0.6 is 11.6 Å². The number of aliphatic hydroxyl groups excluding tert-OH is 1. The summed E-state index contributed by atoms with van der Waals surface area (Å²) in [6, 6.07) is 2.62. The Labute approximate surface area is 174 Å². The first-order chi connectivity index (χ1) is 13.8. The average molecular weight is 440 g/mol. The van der Waals surface area contributed by atoms with Crippen LogP contribution in [0.2, 0.25) is 5.02 Å². The van der Waals surface area contributed by atoms with E-state index in [4.69, 9.17) is 16.3 Å². The van der Waals surface area contributed by atoms with Gasteiger partial charge in [0.05, 0.1) is 27.4 Å². The largest absolute Gasteiger partial charge is 0.511 e. The number of benzene rings is 1. The molecule has 0 unspecified atom stereocenters. The van der Waals surface area contributed by atoms with Gasteiger partial charge >= 0.3 is 5.97 Å². The molecule has 0 radical (unpaired) electrons. The Morgan fingerprint density at radius 3 is 2.38 bits per heavy atom. The van der Waals surface area contributed by atoms with E-state index in [9.17, 15) is 23.7 Å². The number of halogens is 1. The second-order valence-corrected chi connectivity index (χ2v) is 10.00. The molecule has 0 aromatic heterocycles. The van der Waals surface area contributed by atoms with E-state index in [0.29, 0.717) is 17.9 Å². The smallest absolute Gasteiger partial charge is 0.340 e. The maximum absolute atomic E-state index is 13.1. The highest BCUT2D eigenvalue weighted by Gasteiger charge is 2.31. The van der Waals surface area contributed by atoms with E-state index in [1.54, 1.807) is 0 Å². The van der Waals surface area contributed by atoms with Crippen molar-refractivity contribution in [2.75, 3.05) is 18.6 Å². The Bertz CT molecular complexity index is 1020. The van der Waals surface area contributed by atoms with Crippen LogP contribution in [0.1, 0.15) is 59.2 Å². The summed E-state index contributed by atoms with van der Waals surface area (Å²) in [7, 11) is -1.43. The van der Waals surface area contributed by atoms with Crippen molar-refractivity contribution in [3.63, 3.8) is 0 Å². The van der Waals surface area contributed by atoms with Crippen LogP contribution in [-0.4, -0.2) is 45.5 Å². The van der Waals surface area contributed by atoms with E-state index < -0.39 is 27.3 Å². The van der Waals surface area contributed by atoms with Gasteiger partial charge in [-0.15, -0.1) is 0 Å². The number of carbonyl (C=O) groups is 3. The Balaban J connectivity index is 2.18. The van der Waals surface area contributed by atoms with E-state index in [1.807, 2.05) is 0 Å². The number of ketones is 2. The third-order valence-corrected chi connectivity index (χ3v) is 7.81. The number of nitrogens with zero attached hydrogens (tertiary/aromatic N) is 1. The Hall–Kier alpha value is -2.19. The molecule has 29 heavy (non-hydrogen) atoms. The molecule has 9 heteroatoms. The lowest BCUT2D eigenvalue weighted by Crippen LogP contribution is -2.20. The van der Waals surface area contributed by atoms with Crippen LogP contribution in [0.3, 0.4) is 0 Å². The molecule has 0 amide bonds. The van der Waals surface area contributed by atoms with Gasteiger partial charge < -0.3 is 9.84 Å². The number of rotatable bonds is 4. The van der Waals surface area contributed by atoms with E-state index >= 15 is 0 Å². The summed E-state index contributed by atoms with van der Waals surface area (Å²) < 4.78 is 22.2. The van der Waals surface area contributed by atoms with Gasteiger partial charge in [-0.2, -0.15) is 4.36 Å². The summed E-state index contributed by atoms with van der Waals surface area (Å²) in [5, 5.41) is 9.89. The van der Waals surface area contributed by atoms with Crippen LogP contribution in [0, 0.1) is 0 Å². The summed E-state index contributed by atoms with van der Waals surface area (Å²) >= 11 is 6.44. The molecular formula is C20H22ClNO6S. The number of hydrogen-bond acceptors (Lipinski definition) is 7. The molecule has 1 aromatic carbocycles. The van der Waals surface area contributed by atoms with Gasteiger partial charge in [-0.25, -0.2) is 9.00 Å². The molecule has 1 aromatic rings. The van der Waals surface area contributed by atoms with Crippen molar-refractivity contribution in [2.24, 2.45) is 4.36 Å². The zero-order valence-electron chi connectivity index (χ0n) is 16.0. The molecule has 0 bridgehead atoms. The lowest BCUT2D eigenvalue weighted by molar-refractivity contribution is -0.116. The van der Waals surface area contributed by atoms with Crippen LogP contribution < -0.4 is 0 Å². The topological polar surface area (TPSA) is 110 Å². The van der Waals surface area contributed by atoms with Crippen molar-refractivity contribution < 1.29 is 28.4 Å². The number of allylic oxidation sites excluding steroid dienone is 2. The monoisotopic (exact) mass is 439 g/mol. The number of methoxy groups -OCH3 is 1. The van der Waals surface area contributed by atoms with E-state index in [-0.39, 0.29) is 46.0 Å². The van der Waals surface area contributed by atoms with Crippen LogP contribution in [0.25, 0.3) is 0 Å². The SMILES string of the molecule is COC(=O)c1ccc(C(=O)C2=C(O)CCCC2=O)c(Cl)c1N=S1(=O)CCCCC1. The predicted molar refractivity (Wildman–Crippen MR) is 109 cm³/mol. The molecule has 1 heterocycles. The molecule has 1 fully saturated rings. The lowest BCUT2D eigenvalue weighted by atomic mass is 9.90. The fraction of sp³-hybridized carbons (Fsp3) is 0.450. The molecule has 1 aliphatic heterocycles. The van der Waals surface area contributed by atoms with Gasteiger partial charge in [0.25, 0.3) is 0 Å². The van der Waals surface area contributed by atoms with Crippen molar-refractivity contribution in [2.45, 2.75) is 38.5 Å². The number of aliphatic hydroxyl groups is 1. The highest BCUT2D eigenvalue weighted by Crippen LogP contribution is 2.37. The van der Waals surface area contributed by atoms with E-state index in [0.717, 1.165) is 19.3 Å². The number of carbonyl (C=O) groups excluding carboxylic acids is 3. The summed E-state index contributed by atoms with van der Waals surface area (Å²) in [6.07, 6.45) is 3.32. The Morgan fingerprint density at radius 1 is 1.10 bits per heavy atom. The lowest BCUT2D eigenvalue weighted by Gasteiger charge is -2.18.